The van der Waals surface area contributed by atoms with Crippen molar-refractivity contribution >= 4 is 28.8 Å². The summed E-state index contributed by atoms with van der Waals surface area (Å²) in [6, 6.07) is 21.9. The van der Waals surface area contributed by atoms with E-state index in [0.717, 1.165) is 32.8 Å². The van der Waals surface area contributed by atoms with Gasteiger partial charge in [0.25, 0.3) is 11.8 Å². The maximum absolute atomic E-state index is 13.5. The Kier molecular flexibility index (Phi) is 5.14. The molecule has 0 bridgehead atoms. The number of anilines is 2. The van der Waals surface area contributed by atoms with Crippen LogP contribution in [0.25, 0.3) is 5.57 Å². The molecule has 0 unspecified atom stereocenters. The van der Waals surface area contributed by atoms with Crippen LogP contribution in [0.1, 0.15) is 27.8 Å². The van der Waals surface area contributed by atoms with Crippen LogP contribution in [-0.4, -0.2) is 11.8 Å². The monoisotopic (exact) mass is 407 g/mol. The molecule has 0 atom stereocenters. The second kappa shape index (κ2) is 7.92. The summed E-state index contributed by atoms with van der Waals surface area (Å²) in [6.07, 6.45) is 0. The molecular formula is C26H21N3O2. The molecule has 0 spiro atoms. The third-order valence-corrected chi connectivity index (χ3v) is 5.28. The summed E-state index contributed by atoms with van der Waals surface area (Å²) in [7, 11) is 0. The molecule has 0 aliphatic carbocycles. The topological polar surface area (TPSA) is 73.2 Å². The molecule has 1 N–H and O–H groups in total. The van der Waals surface area contributed by atoms with E-state index in [2.05, 4.69) is 11.4 Å². The lowest BCUT2D eigenvalue weighted by atomic mass is 9.97. The van der Waals surface area contributed by atoms with Crippen LogP contribution in [0.4, 0.5) is 11.4 Å². The zero-order valence-corrected chi connectivity index (χ0v) is 17.6. The van der Waals surface area contributed by atoms with Gasteiger partial charge in [0.15, 0.2) is 0 Å². The molecule has 5 heteroatoms. The Balaban J connectivity index is 1.85. The highest BCUT2D eigenvalue weighted by Crippen LogP contribution is 2.35. The van der Waals surface area contributed by atoms with Crippen molar-refractivity contribution in [2.45, 2.75) is 20.8 Å². The standard InChI is InChI=1S/C26H21N3O2/c1-16-5-4-6-20(14-16)28-24-23(22-12-7-17(2)13-18(22)3)25(30)29(26(24)31)21-10-8-19(15-27)9-11-21/h4-14,28H,1-3H3. The highest BCUT2D eigenvalue weighted by atomic mass is 16.2. The van der Waals surface area contributed by atoms with Crippen molar-refractivity contribution in [2.24, 2.45) is 0 Å². The normalized spacial score (nSPS) is 13.5. The Bertz CT molecular complexity index is 1280. The molecule has 152 valence electrons. The van der Waals surface area contributed by atoms with Crippen LogP contribution in [0.3, 0.4) is 0 Å². The molecule has 5 nitrogen and oxygen atoms in total. The summed E-state index contributed by atoms with van der Waals surface area (Å²) in [5, 5.41) is 12.2. The average molecular weight is 407 g/mol. The molecule has 0 aromatic heterocycles. The highest BCUT2D eigenvalue weighted by molar-refractivity contribution is 6.46. The number of carbonyl (C=O) groups is 2. The van der Waals surface area contributed by atoms with E-state index in [1.165, 1.54) is 0 Å². The van der Waals surface area contributed by atoms with E-state index in [-0.39, 0.29) is 5.70 Å². The van der Waals surface area contributed by atoms with Crippen molar-refractivity contribution in [3.63, 3.8) is 0 Å². The molecule has 1 aliphatic heterocycles. The number of benzene rings is 3. The minimum Gasteiger partial charge on any atom is -0.350 e. The number of amides is 2. The SMILES string of the molecule is Cc1cccc(NC2=C(c3ccc(C)cc3C)C(=O)N(c3ccc(C#N)cc3)C2=O)c1. The number of nitrogens with zero attached hydrogens (tertiary/aromatic N) is 2. The summed E-state index contributed by atoms with van der Waals surface area (Å²) < 4.78 is 0. The van der Waals surface area contributed by atoms with Crippen LogP contribution < -0.4 is 10.2 Å². The van der Waals surface area contributed by atoms with Gasteiger partial charge in [-0.3, -0.25) is 9.59 Å². The lowest BCUT2D eigenvalue weighted by Gasteiger charge is -2.15. The highest BCUT2D eigenvalue weighted by Gasteiger charge is 2.40. The van der Waals surface area contributed by atoms with Gasteiger partial charge in [-0.15, -0.1) is 0 Å². The van der Waals surface area contributed by atoms with Crippen LogP contribution in [0.15, 0.2) is 72.4 Å². The largest absolute Gasteiger partial charge is 0.350 e. The Morgan fingerprint density at radius 2 is 1.55 bits per heavy atom. The van der Waals surface area contributed by atoms with Gasteiger partial charge in [0.2, 0.25) is 0 Å². The summed E-state index contributed by atoms with van der Waals surface area (Å²) >= 11 is 0. The van der Waals surface area contributed by atoms with E-state index in [1.807, 2.05) is 63.2 Å². The molecule has 2 amide bonds. The number of rotatable bonds is 4. The van der Waals surface area contributed by atoms with E-state index in [4.69, 9.17) is 5.26 Å². The van der Waals surface area contributed by atoms with Crippen LogP contribution in [0.5, 0.6) is 0 Å². The fourth-order valence-electron chi connectivity index (χ4n) is 3.78. The number of aryl methyl sites for hydroxylation is 3. The van der Waals surface area contributed by atoms with Gasteiger partial charge < -0.3 is 5.32 Å². The number of nitriles is 1. The van der Waals surface area contributed by atoms with E-state index >= 15 is 0 Å². The quantitative estimate of drug-likeness (QED) is 0.626. The number of imide groups is 1. The first-order valence-electron chi connectivity index (χ1n) is 9.93. The number of carbonyl (C=O) groups excluding carboxylic acids is 2. The molecular weight excluding hydrogens is 386 g/mol. The zero-order valence-electron chi connectivity index (χ0n) is 17.6. The minimum absolute atomic E-state index is 0.243. The van der Waals surface area contributed by atoms with Crippen molar-refractivity contribution in [1.29, 1.82) is 5.26 Å². The maximum atomic E-state index is 13.5. The Morgan fingerprint density at radius 1 is 0.839 bits per heavy atom. The fraction of sp³-hybridized carbons (Fsp3) is 0.115. The first-order chi connectivity index (χ1) is 14.9. The first-order valence-corrected chi connectivity index (χ1v) is 9.93. The van der Waals surface area contributed by atoms with Crippen LogP contribution in [0.2, 0.25) is 0 Å². The van der Waals surface area contributed by atoms with Crippen molar-refractivity contribution in [1.82, 2.24) is 0 Å². The lowest BCUT2D eigenvalue weighted by Crippen LogP contribution is -2.32. The minimum atomic E-state index is -0.425. The number of hydrogen-bond donors (Lipinski definition) is 1. The molecule has 0 radical (unpaired) electrons. The Labute approximate surface area is 181 Å². The predicted molar refractivity (Wildman–Crippen MR) is 121 cm³/mol. The van der Waals surface area contributed by atoms with Crippen molar-refractivity contribution in [3.8, 4) is 6.07 Å². The first kappa shape index (κ1) is 20.1. The molecule has 4 rings (SSSR count). The number of nitrogens with one attached hydrogen (secondary N) is 1. The predicted octanol–water partition coefficient (Wildman–Crippen LogP) is 4.88. The molecule has 31 heavy (non-hydrogen) atoms. The summed E-state index contributed by atoms with van der Waals surface area (Å²) in [5.74, 6) is -0.817. The van der Waals surface area contributed by atoms with Crippen molar-refractivity contribution in [3.05, 3.63) is 100 Å². The zero-order chi connectivity index (χ0) is 22.1. The van der Waals surface area contributed by atoms with Crippen molar-refractivity contribution in [2.75, 3.05) is 10.2 Å². The van der Waals surface area contributed by atoms with Gasteiger partial charge in [-0.25, -0.2) is 4.90 Å². The molecule has 0 fully saturated rings. The maximum Gasteiger partial charge on any atom is 0.282 e. The smallest absolute Gasteiger partial charge is 0.282 e. The molecule has 1 heterocycles. The Hall–Kier alpha value is -4.17. The van der Waals surface area contributed by atoms with E-state index in [0.29, 0.717) is 16.8 Å². The van der Waals surface area contributed by atoms with Gasteiger partial charge in [-0.1, -0.05) is 35.9 Å². The van der Waals surface area contributed by atoms with Crippen molar-refractivity contribution < 1.29 is 9.59 Å². The summed E-state index contributed by atoms with van der Waals surface area (Å²) in [5.41, 5.74) is 5.97. The summed E-state index contributed by atoms with van der Waals surface area (Å²) in [6.45, 7) is 5.89. The van der Waals surface area contributed by atoms with Gasteiger partial charge in [-0.2, -0.15) is 5.26 Å². The second-order valence-electron chi connectivity index (χ2n) is 7.67. The van der Waals surface area contributed by atoms with Gasteiger partial charge in [0.05, 0.1) is 22.9 Å². The van der Waals surface area contributed by atoms with Gasteiger partial charge in [-0.05, 0) is 73.9 Å². The lowest BCUT2D eigenvalue weighted by molar-refractivity contribution is -0.120. The molecule has 1 aliphatic rings. The Morgan fingerprint density at radius 3 is 2.19 bits per heavy atom. The summed E-state index contributed by atoms with van der Waals surface area (Å²) in [4.78, 5) is 28.1. The van der Waals surface area contributed by atoms with Crippen LogP contribution in [0, 0.1) is 32.1 Å². The van der Waals surface area contributed by atoms with E-state index < -0.39 is 11.8 Å². The second-order valence-corrected chi connectivity index (χ2v) is 7.67. The van der Waals surface area contributed by atoms with Gasteiger partial charge in [0, 0.05) is 5.69 Å². The molecule has 3 aromatic carbocycles. The van der Waals surface area contributed by atoms with E-state index in [9.17, 15) is 9.59 Å². The third kappa shape index (κ3) is 3.72. The molecule has 0 saturated carbocycles. The van der Waals surface area contributed by atoms with Gasteiger partial charge in [0.1, 0.15) is 5.70 Å². The molecule has 3 aromatic rings. The van der Waals surface area contributed by atoms with Crippen LogP contribution >= 0.6 is 0 Å². The number of hydrogen-bond acceptors (Lipinski definition) is 4. The average Bonchev–Trinajstić information content (AvgIpc) is 2.98. The fourth-order valence-corrected chi connectivity index (χ4v) is 3.78. The van der Waals surface area contributed by atoms with Gasteiger partial charge >= 0.3 is 0 Å². The van der Waals surface area contributed by atoms with E-state index in [1.54, 1.807) is 24.3 Å². The van der Waals surface area contributed by atoms with Crippen LogP contribution in [-0.2, 0) is 9.59 Å². The molecule has 0 saturated heterocycles. The third-order valence-electron chi connectivity index (χ3n) is 5.28.